The van der Waals surface area contributed by atoms with Gasteiger partial charge in [0.25, 0.3) is 0 Å². The van der Waals surface area contributed by atoms with E-state index in [9.17, 15) is 5.11 Å². The van der Waals surface area contributed by atoms with E-state index in [4.69, 9.17) is 0 Å². The summed E-state index contributed by atoms with van der Waals surface area (Å²) in [5.74, 6) is 0.0938. The van der Waals surface area contributed by atoms with Crippen molar-refractivity contribution in [2.45, 2.75) is 25.9 Å². The van der Waals surface area contributed by atoms with E-state index >= 15 is 0 Å². The highest BCUT2D eigenvalue weighted by atomic mass is 32.1. The van der Waals surface area contributed by atoms with Crippen LogP contribution < -0.4 is 0 Å². The zero-order valence-electron chi connectivity index (χ0n) is 9.42. The zero-order valence-corrected chi connectivity index (χ0v) is 10.2. The maximum atomic E-state index is 10.3. The fraction of sp³-hybridized carbons (Fsp3) is 0.308. The number of aliphatic hydroxyl groups is 1. The predicted molar refractivity (Wildman–Crippen MR) is 66.7 cm³/mol. The Labute approximate surface area is 99.6 Å². The predicted octanol–water partition coefficient (Wildman–Crippen LogP) is 3.29. The van der Waals surface area contributed by atoms with Gasteiger partial charge >= 0.3 is 0 Å². The number of aromatic nitrogens is 1. The summed E-state index contributed by atoms with van der Waals surface area (Å²) in [4.78, 5) is 3.99. The average molecular weight is 233 g/mol. The first-order valence-electron chi connectivity index (χ1n) is 5.31. The number of rotatable bonds is 3. The second kappa shape index (κ2) is 4.76. The summed E-state index contributed by atoms with van der Waals surface area (Å²) in [6, 6.07) is 3.91. The minimum atomic E-state index is -0.436. The molecule has 1 N–H and O–H groups in total. The molecule has 0 aliphatic heterocycles. The van der Waals surface area contributed by atoms with Crippen molar-refractivity contribution in [3.8, 4) is 0 Å². The highest BCUT2D eigenvalue weighted by Crippen LogP contribution is 2.33. The van der Waals surface area contributed by atoms with Crippen molar-refractivity contribution in [2.75, 3.05) is 0 Å². The molecule has 0 saturated heterocycles. The molecule has 3 heteroatoms. The van der Waals surface area contributed by atoms with Gasteiger partial charge in [0, 0.05) is 18.3 Å². The molecule has 0 aliphatic carbocycles. The number of aryl methyl sites for hydroxylation is 1. The maximum Gasteiger partial charge on any atom is 0.0866 e. The maximum absolute atomic E-state index is 10.3. The molecule has 2 nitrogen and oxygen atoms in total. The van der Waals surface area contributed by atoms with Crippen molar-refractivity contribution >= 4 is 11.3 Å². The number of hydrogen-bond acceptors (Lipinski definition) is 3. The van der Waals surface area contributed by atoms with Crippen LogP contribution in [0.15, 0.2) is 35.3 Å². The molecule has 0 fully saturated rings. The number of thiophene rings is 1. The molecule has 2 unspecified atom stereocenters. The standard InChI is InChI=1S/C13H15NOS/c1-9-7-16-8-12(9)13(15)10(2)11-3-5-14-6-4-11/h3-8,10,13,15H,1-2H3. The van der Waals surface area contributed by atoms with Gasteiger partial charge in [0.1, 0.15) is 0 Å². The SMILES string of the molecule is Cc1cscc1C(O)C(C)c1ccncc1. The van der Waals surface area contributed by atoms with Crippen LogP contribution in [0.1, 0.15) is 35.6 Å². The Kier molecular flexibility index (Phi) is 3.36. The van der Waals surface area contributed by atoms with Crippen LogP contribution in [0.25, 0.3) is 0 Å². The topological polar surface area (TPSA) is 33.1 Å². The average Bonchev–Trinajstić information content (AvgIpc) is 2.75. The number of nitrogens with zero attached hydrogens (tertiary/aromatic N) is 1. The van der Waals surface area contributed by atoms with Crippen molar-refractivity contribution in [1.82, 2.24) is 4.98 Å². The van der Waals surface area contributed by atoms with Crippen LogP contribution in [0.4, 0.5) is 0 Å². The Morgan fingerprint density at radius 3 is 2.50 bits per heavy atom. The Morgan fingerprint density at radius 1 is 1.25 bits per heavy atom. The summed E-state index contributed by atoms with van der Waals surface area (Å²) in [6.07, 6.45) is 3.09. The molecule has 0 amide bonds. The fourth-order valence-electron chi connectivity index (χ4n) is 1.79. The molecule has 0 aliphatic rings. The molecule has 2 heterocycles. The molecule has 16 heavy (non-hydrogen) atoms. The zero-order chi connectivity index (χ0) is 11.5. The van der Waals surface area contributed by atoms with Gasteiger partial charge < -0.3 is 5.11 Å². The lowest BCUT2D eigenvalue weighted by Crippen LogP contribution is -2.07. The molecule has 0 saturated carbocycles. The Balaban J connectivity index is 2.23. The molecule has 84 valence electrons. The van der Waals surface area contributed by atoms with Crippen molar-refractivity contribution in [3.05, 3.63) is 52.0 Å². The van der Waals surface area contributed by atoms with Gasteiger partial charge in [-0.25, -0.2) is 0 Å². The minimum Gasteiger partial charge on any atom is -0.388 e. The second-order valence-electron chi connectivity index (χ2n) is 4.02. The smallest absolute Gasteiger partial charge is 0.0866 e. The highest BCUT2D eigenvalue weighted by molar-refractivity contribution is 7.08. The van der Waals surface area contributed by atoms with Crippen molar-refractivity contribution in [2.24, 2.45) is 0 Å². The van der Waals surface area contributed by atoms with Crippen LogP contribution in [-0.4, -0.2) is 10.1 Å². The third-order valence-electron chi connectivity index (χ3n) is 2.92. The first kappa shape index (κ1) is 11.3. The first-order valence-corrected chi connectivity index (χ1v) is 6.25. The minimum absolute atomic E-state index is 0.0938. The van der Waals surface area contributed by atoms with E-state index in [0.717, 1.165) is 11.1 Å². The summed E-state index contributed by atoms with van der Waals surface area (Å²) < 4.78 is 0. The molecule has 0 aromatic carbocycles. The number of pyridine rings is 1. The Bertz CT molecular complexity index is 452. The lowest BCUT2D eigenvalue weighted by Gasteiger charge is -2.19. The van der Waals surface area contributed by atoms with Crippen LogP contribution in [0.5, 0.6) is 0 Å². The molecule has 0 bridgehead atoms. The third-order valence-corrected chi connectivity index (χ3v) is 3.80. The van der Waals surface area contributed by atoms with E-state index in [1.165, 1.54) is 5.56 Å². The van der Waals surface area contributed by atoms with Crippen molar-refractivity contribution < 1.29 is 5.11 Å². The summed E-state index contributed by atoms with van der Waals surface area (Å²) in [7, 11) is 0. The third kappa shape index (κ3) is 2.15. The van der Waals surface area contributed by atoms with E-state index in [2.05, 4.69) is 10.4 Å². The first-order chi connectivity index (χ1) is 7.70. The van der Waals surface area contributed by atoms with Gasteiger partial charge in [0.2, 0.25) is 0 Å². The van der Waals surface area contributed by atoms with Gasteiger partial charge in [-0.05, 0) is 46.5 Å². The van der Waals surface area contributed by atoms with Crippen LogP contribution in [0.3, 0.4) is 0 Å². The Hall–Kier alpha value is -1.19. The number of aliphatic hydroxyl groups excluding tert-OH is 1. The quantitative estimate of drug-likeness (QED) is 0.882. The second-order valence-corrected chi connectivity index (χ2v) is 4.77. The van der Waals surface area contributed by atoms with Crippen molar-refractivity contribution in [1.29, 1.82) is 0 Å². The van der Waals surface area contributed by atoms with Gasteiger partial charge in [0.15, 0.2) is 0 Å². The summed E-state index contributed by atoms with van der Waals surface area (Å²) >= 11 is 1.63. The van der Waals surface area contributed by atoms with Gasteiger partial charge in [-0.15, -0.1) is 0 Å². The van der Waals surface area contributed by atoms with Crippen LogP contribution in [-0.2, 0) is 0 Å². The highest BCUT2D eigenvalue weighted by Gasteiger charge is 2.20. The van der Waals surface area contributed by atoms with E-state index in [1.54, 1.807) is 23.7 Å². The van der Waals surface area contributed by atoms with Gasteiger partial charge in [-0.3, -0.25) is 4.98 Å². The fourth-order valence-corrected chi connectivity index (χ4v) is 2.67. The molecule has 0 spiro atoms. The van der Waals surface area contributed by atoms with E-state index in [-0.39, 0.29) is 5.92 Å². The van der Waals surface area contributed by atoms with Gasteiger partial charge in [-0.2, -0.15) is 11.3 Å². The van der Waals surface area contributed by atoms with Gasteiger partial charge in [0.05, 0.1) is 6.10 Å². The molecular weight excluding hydrogens is 218 g/mol. The monoisotopic (exact) mass is 233 g/mol. The molecule has 0 radical (unpaired) electrons. The van der Waals surface area contributed by atoms with E-state index in [1.807, 2.05) is 31.4 Å². The lowest BCUT2D eigenvalue weighted by atomic mass is 9.91. The molecule has 2 rings (SSSR count). The van der Waals surface area contributed by atoms with Crippen molar-refractivity contribution in [3.63, 3.8) is 0 Å². The summed E-state index contributed by atoms with van der Waals surface area (Å²) in [5.41, 5.74) is 3.32. The largest absolute Gasteiger partial charge is 0.388 e. The summed E-state index contributed by atoms with van der Waals surface area (Å²) in [6.45, 7) is 4.07. The van der Waals surface area contributed by atoms with E-state index in [0.29, 0.717) is 0 Å². The molecule has 2 aromatic heterocycles. The Morgan fingerprint density at radius 2 is 1.94 bits per heavy atom. The summed E-state index contributed by atoms with van der Waals surface area (Å²) in [5, 5.41) is 14.4. The molecular formula is C13H15NOS. The van der Waals surface area contributed by atoms with Crippen LogP contribution >= 0.6 is 11.3 Å². The molecule has 2 atom stereocenters. The van der Waals surface area contributed by atoms with Crippen LogP contribution in [0.2, 0.25) is 0 Å². The lowest BCUT2D eigenvalue weighted by molar-refractivity contribution is 0.151. The number of hydrogen-bond donors (Lipinski definition) is 1. The van der Waals surface area contributed by atoms with Gasteiger partial charge in [-0.1, -0.05) is 6.92 Å². The normalized spacial score (nSPS) is 14.7. The van der Waals surface area contributed by atoms with Crippen LogP contribution in [0, 0.1) is 6.92 Å². The molecule has 2 aromatic rings. The van der Waals surface area contributed by atoms with E-state index < -0.39 is 6.10 Å².